The van der Waals surface area contributed by atoms with E-state index in [1.54, 1.807) is 18.9 Å². The minimum absolute atomic E-state index is 0.484. The van der Waals surface area contributed by atoms with Crippen LogP contribution in [0.15, 0.2) is 47.6 Å². The highest BCUT2D eigenvalue weighted by Crippen LogP contribution is 2.36. The lowest BCUT2D eigenvalue weighted by Gasteiger charge is -2.25. The maximum Gasteiger partial charge on any atom is 0.192 e. The van der Waals surface area contributed by atoms with Crippen LogP contribution in [0.4, 0.5) is 0 Å². The molecule has 2 aromatic carbocycles. The number of methoxy groups -OCH3 is 1. The Hall–Kier alpha value is -2.27. The molecule has 1 aliphatic carbocycles. The van der Waals surface area contributed by atoms with Crippen LogP contribution < -0.4 is 4.74 Å². The molecule has 29 heavy (non-hydrogen) atoms. The maximum absolute atomic E-state index is 5.32. The Labute approximate surface area is 177 Å². The van der Waals surface area contributed by atoms with Crippen molar-refractivity contribution in [3.05, 3.63) is 59.2 Å². The summed E-state index contributed by atoms with van der Waals surface area (Å²) >= 11 is 1.80. The topological polar surface area (TPSA) is 39.9 Å². The lowest BCUT2D eigenvalue weighted by atomic mass is 9.95. The SMILES string of the molecule is COc1ccc(-c2nnc(SCc3ccc(C)c(C)c3)n2C2CCCCC2)cc1. The zero-order chi connectivity index (χ0) is 20.2. The van der Waals surface area contributed by atoms with Gasteiger partial charge >= 0.3 is 0 Å². The van der Waals surface area contributed by atoms with Crippen molar-refractivity contribution >= 4 is 11.8 Å². The number of aryl methyl sites for hydroxylation is 2. The molecule has 152 valence electrons. The van der Waals surface area contributed by atoms with Crippen LogP contribution in [0.5, 0.6) is 5.75 Å². The second-order valence-electron chi connectivity index (χ2n) is 7.90. The standard InChI is InChI=1S/C24H29N3OS/c1-17-9-10-19(15-18(17)2)16-29-24-26-25-23(20-11-13-22(28-3)14-12-20)27(24)21-7-5-4-6-8-21/h9-15,21H,4-8,16H2,1-3H3. The number of aromatic nitrogens is 3. The van der Waals surface area contributed by atoms with E-state index >= 15 is 0 Å². The number of rotatable bonds is 6. The number of nitrogens with zero attached hydrogens (tertiary/aromatic N) is 3. The van der Waals surface area contributed by atoms with Crippen LogP contribution in [0.2, 0.25) is 0 Å². The van der Waals surface area contributed by atoms with Crippen molar-refractivity contribution in [1.29, 1.82) is 0 Å². The van der Waals surface area contributed by atoms with Crippen molar-refractivity contribution in [1.82, 2.24) is 14.8 Å². The highest BCUT2D eigenvalue weighted by molar-refractivity contribution is 7.98. The van der Waals surface area contributed by atoms with Crippen LogP contribution >= 0.6 is 11.8 Å². The van der Waals surface area contributed by atoms with E-state index in [0.29, 0.717) is 6.04 Å². The molecule has 5 heteroatoms. The van der Waals surface area contributed by atoms with E-state index in [2.05, 4.69) is 58.9 Å². The molecule has 0 N–H and O–H groups in total. The van der Waals surface area contributed by atoms with E-state index in [-0.39, 0.29) is 0 Å². The molecule has 0 radical (unpaired) electrons. The molecule has 0 aliphatic heterocycles. The first-order valence-corrected chi connectivity index (χ1v) is 11.4. The number of benzene rings is 2. The monoisotopic (exact) mass is 407 g/mol. The molecule has 4 rings (SSSR count). The van der Waals surface area contributed by atoms with Crippen LogP contribution in [-0.2, 0) is 5.75 Å². The largest absolute Gasteiger partial charge is 0.497 e. The second kappa shape index (κ2) is 9.04. The van der Waals surface area contributed by atoms with Crippen LogP contribution in [0.3, 0.4) is 0 Å². The summed E-state index contributed by atoms with van der Waals surface area (Å²) < 4.78 is 7.71. The summed E-state index contributed by atoms with van der Waals surface area (Å²) in [6.07, 6.45) is 6.32. The first kappa shape index (κ1) is 20.0. The minimum atomic E-state index is 0.484. The average molecular weight is 408 g/mol. The van der Waals surface area contributed by atoms with Gasteiger partial charge in [0.1, 0.15) is 5.75 Å². The fourth-order valence-corrected chi connectivity index (χ4v) is 4.97. The van der Waals surface area contributed by atoms with Crippen LogP contribution in [0.1, 0.15) is 54.8 Å². The van der Waals surface area contributed by atoms with Crippen LogP contribution in [0, 0.1) is 13.8 Å². The van der Waals surface area contributed by atoms with Gasteiger partial charge in [0, 0.05) is 17.4 Å². The van der Waals surface area contributed by atoms with Gasteiger partial charge in [-0.15, -0.1) is 10.2 Å². The number of thioether (sulfide) groups is 1. The summed E-state index contributed by atoms with van der Waals surface area (Å²) in [4.78, 5) is 0. The molecule has 1 heterocycles. The van der Waals surface area contributed by atoms with Gasteiger partial charge in [-0.2, -0.15) is 0 Å². The molecule has 0 unspecified atom stereocenters. The van der Waals surface area contributed by atoms with E-state index in [1.165, 1.54) is 48.8 Å². The van der Waals surface area contributed by atoms with E-state index < -0.39 is 0 Å². The van der Waals surface area contributed by atoms with Gasteiger partial charge in [-0.05, 0) is 67.6 Å². The predicted molar refractivity (Wildman–Crippen MR) is 120 cm³/mol. The molecular weight excluding hydrogens is 378 g/mol. The molecule has 4 nitrogen and oxygen atoms in total. The molecule has 1 aliphatic rings. The summed E-state index contributed by atoms with van der Waals surface area (Å²) in [5, 5.41) is 10.3. The third-order valence-corrected chi connectivity index (χ3v) is 6.91. The summed E-state index contributed by atoms with van der Waals surface area (Å²) in [7, 11) is 1.70. The Bertz CT molecular complexity index is 959. The van der Waals surface area contributed by atoms with Gasteiger partial charge in [0.15, 0.2) is 11.0 Å². The lowest BCUT2D eigenvalue weighted by Crippen LogP contribution is -2.15. The van der Waals surface area contributed by atoms with Gasteiger partial charge in [-0.3, -0.25) is 4.57 Å². The van der Waals surface area contributed by atoms with Crippen molar-refractivity contribution in [3.63, 3.8) is 0 Å². The smallest absolute Gasteiger partial charge is 0.192 e. The minimum Gasteiger partial charge on any atom is -0.497 e. The van der Waals surface area contributed by atoms with Crippen LogP contribution in [0.25, 0.3) is 11.4 Å². The van der Waals surface area contributed by atoms with Crippen molar-refractivity contribution in [2.75, 3.05) is 7.11 Å². The van der Waals surface area contributed by atoms with E-state index in [9.17, 15) is 0 Å². The normalized spacial score (nSPS) is 14.9. The fourth-order valence-electron chi connectivity index (χ4n) is 4.02. The summed E-state index contributed by atoms with van der Waals surface area (Å²) in [6.45, 7) is 4.34. The molecular formula is C24H29N3OS. The summed E-state index contributed by atoms with van der Waals surface area (Å²) in [5.74, 6) is 2.75. The van der Waals surface area contributed by atoms with Gasteiger partial charge in [-0.25, -0.2) is 0 Å². The molecule has 0 saturated heterocycles. The molecule has 0 amide bonds. The highest BCUT2D eigenvalue weighted by Gasteiger charge is 2.24. The zero-order valence-electron chi connectivity index (χ0n) is 17.5. The molecule has 3 aromatic rings. The quantitative estimate of drug-likeness (QED) is 0.445. The molecule has 1 fully saturated rings. The Morgan fingerprint density at radius 1 is 0.966 bits per heavy atom. The van der Waals surface area contributed by atoms with Gasteiger partial charge in [-0.1, -0.05) is 49.2 Å². The van der Waals surface area contributed by atoms with E-state index in [4.69, 9.17) is 4.74 Å². The first-order chi connectivity index (χ1) is 14.2. The van der Waals surface area contributed by atoms with Crippen molar-refractivity contribution in [2.24, 2.45) is 0 Å². The molecule has 1 saturated carbocycles. The van der Waals surface area contributed by atoms with Crippen LogP contribution in [-0.4, -0.2) is 21.9 Å². The highest BCUT2D eigenvalue weighted by atomic mass is 32.2. The van der Waals surface area contributed by atoms with E-state index in [1.807, 2.05) is 12.1 Å². The van der Waals surface area contributed by atoms with Crippen molar-refractivity contribution in [2.45, 2.75) is 62.9 Å². The van der Waals surface area contributed by atoms with Gasteiger partial charge < -0.3 is 4.74 Å². The summed E-state index contributed by atoms with van der Waals surface area (Å²) in [6, 6.07) is 15.4. The lowest BCUT2D eigenvalue weighted by molar-refractivity contribution is 0.339. The third-order valence-electron chi connectivity index (χ3n) is 5.89. The Kier molecular flexibility index (Phi) is 6.24. The molecule has 0 spiro atoms. The predicted octanol–water partition coefficient (Wildman–Crippen LogP) is 6.37. The fraction of sp³-hybridized carbons (Fsp3) is 0.417. The average Bonchev–Trinajstić information content (AvgIpc) is 3.19. The zero-order valence-corrected chi connectivity index (χ0v) is 18.3. The van der Waals surface area contributed by atoms with E-state index in [0.717, 1.165) is 28.0 Å². The maximum atomic E-state index is 5.32. The van der Waals surface area contributed by atoms with Gasteiger partial charge in [0.2, 0.25) is 0 Å². The number of hydrogen-bond acceptors (Lipinski definition) is 4. The number of ether oxygens (including phenoxy) is 1. The molecule has 0 bridgehead atoms. The Morgan fingerprint density at radius 2 is 1.72 bits per heavy atom. The van der Waals surface area contributed by atoms with Crippen molar-refractivity contribution < 1.29 is 4.74 Å². The van der Waals surface area contributed by atoms with Gasteiger partial charge in [0.25, 0.3) is 0 Å². The third kappa shape index (κ3) is 4.50. The first-order valence-electron chi connectivity index (χ1n) is 10.4. The summed E-state index contributed by atoms with van der Waals surface area (Å²) in [5.41, 5.74) is 5.12. The second-order valence-corrected chi connectivity index (χ2v) is 8.85. The van der Waals surface area contributed by atoms with Crippen molar-refractivity contribution in [3.8, 4) is 17.1 Å². The van der Waals surface area contributed by atoms with Gasteiger partial charge in [0.05, 0.1) is 7.11 Å². The molecule has 0 atom stereocenters. The Morgan fingerprint density at radius 3 is 2.41 bits per heavy atom. The molecule has 1 aromatic heterocycles. The Balaban J connectivity index is 1.63. The number of hydrogen-bond donors (Lipinski definition) is 0.